The summed E-state index contributed by atoms with van der Waals surface area (Å²) in [5.41, 5.74) is 0.294. The van der Waals surface area contributed by atoms with Gasteiger partial charge in [0.1, 0.15) is 5.82 Å². The Kier molecular flexibility index (Phi) is 4.42. The molecule has 2 saturated heterocycles. The Labute approximate surface area is 139 Å². The predicted molar refractivity (Wildman–Crippen MR) is 92.0 cm³/mol. The summed E-state index contributed by atoms with van der Waals surface area (Å²) in [4.78, 5) is 6.87. The topological polar surface area (TPSA) is 54.8 Å². The van der Waals surface area contributed by atoms with Crippen LogP contribution in [0, 0.1) is 5.92 Å². The predicted octanol–water partition coefficient (Wildman–Crippen LogP) is 1.59. The summed E-state index contributed by atoms with van der Waals surface area (Å²) in [6.07, 6.45) is 3.91. The maximum absolute atomic E-state index is 9.23. The largest absolute Gasteiger partial charge is 0.496 e. The Balaban J connectivity index is 1.67. The number of hydrogen-bond donors (Lipinski definition) is 1. The van der Waals surface area contributed by atoms with E-state index in [0.717, 1.165) is 37.2 Å². The molecule has 5 nitrogen and oxygen atoms in total. The number of anilines is 1. The smallest absolute Gasteiger partial charge is 0.399 e. The summed E-state index contributed by atoms with van der Waals surface area (Å²) in [6.45, 7) is 10.4. The number of nitrogens with zero attached hydrogens (tertiary/aromatic N) is 2. The molecular formula is C17H27BN2O3. The number of aliphatic hydroxyl groups is 1. The Hall–Kier alpha value is -1.11. The first-order valence-electron chi connectivity index (χ1n) is 8.50. The average molecular weight is 318 g/mol. The highest BCUT2D eigenvalue weighted by Crippen LogP contribution is 2.36. The lowest BCUT2D eigenvalue weighted by Gasteiger charge is -2.32. The molecule has 1 aromatic rings. The molecule has 3 rings (SSSR count). The summed E-state index contributed by atoms with van der Waals surface area (Å²) in [5.74, 6) is 1.43. The molecule has 0 amide bonds. The van der Waals surface area contributed by atoms with Crippen LogP contribution in [0.5, 0.6) is 0 Å². The standard InChI is InChI=1S/C17H27BN2O3/c1-16(2)17(3,4)23-18(22-16)14-5-6-15(19-11-14)20-9-7-13(12-21)8-10-20/h5-6,11,13,21H,7-10,12H2,1-4H3. The van der Waals surface area contributed by atoms with Gasteiger partial charge in [0.05, 0.1) is 11.2 Å². The number of aromatic nitrogens is 1. The van der Waals surface area contributed by atoms with E-state index in [1.54, 1.807) is 0 Å². The third-order valence-corrected chi connectivity index (χ3v) is 5.49. The Morgan fingerprint density at radius 2 is 1.78 bits per heavy atom. The van der Waals surface area contributed by atoms with E-state index in [9.17, 15) is 5.11 Å². The van der Waals surface area contributed by atoms with Gasteiger partial charge < -0.3 is 19.3 Å². The first-order valence-corrected chi connectivity index (χ1v) is 8.50. The highest BCUT2D eigenvalue weighted by atomic mass is 16.7. The molecule has 3 heterocycles. The van der Waals surface area contributed by atoms with Gasteiger partial charge in [-0.1, -0.05) is 6.07 Å². The Morgan fingerprint density at radius 1 is 1.17 bits per heavy atom. The quantitative estimate of drug-likeness (QED) is 0.858. The summed E-state index contributed by atoms with van der Waals surface area (Å²) < 4.78 is 12.1. The first kappa shape index (κ1) is 16.7. The van der Waals surface area contributed by atoms with Crippen LogP contribution >= 0.6 is 0 Å². The van der Waals surface area contributed by atoms with Crippen molar-refractivity contribution in [3.8, 4) is 0 Å². The summed E-state index contributed by atoms with van der Waals surface area (Å²) >= 11 is 0. The van der Waals surface area contributed by atoms with Gasteiger partial charge in [-0.2, -0.15) is 0 Å². The zero-order valence-corrected chi connectivity index (χ0v) is 14.6. The first-order chi connectivity index (χ1) is 10.8. The second-order valence-electron chi connectivity index (χ2n) is 7.65. The fourth-order valence-corrected chi connectivity index (χ4v) is 3.05. The number of aliphatic hydroxyl groups excluding tert-OH is 1. The van der Waals surface area contributed by atoms with Gasteiger partial charge in [0.2, 0.25) is 0 Å². The number of hydrogen-bond acceptors (Lipinski definition) is 5. The van der Waals surface area contributed by atoms with E-state index in [-0.39, 0.29) is 18.3 Å². The lowest BCUT2D eigenvalue weighted by atomic mass is 9.80. The number of pyridine rings is 1. The van der Waals surface area contributed by atoms with Gasteiger partial charge in [0.25, 0.3) is 0 Å². The molecule has 0 atom stereocenters. The van der Waals surface area contributed by atoms with Crippen LogP contribution in [0.3, 0.4) is 0 Å². The fourth-order valence-electron chi connectivity index (χ4n) is 3.05. The molecule has 0 aliphatic carbocycles. The minimum absolute atomic E-state index is 0.294. The van der Waals surface area contributed by atoms with E-state index in [4.69, 9.17) is 9.31 Å². The molecular weight excluding hydrogens is 291 g/mol. The van der Waals surface area contributed by atoms with Gasteiger partial charge in [-0.05, 0) is 52.5 Å². The highest BCUT2D eigenvalue weighted by molar-refractivity contribution is 6.62. The second-order valence-corrected chi connectivity index (χ2v) is 7.65. The van der Waals surface area contributed by atoms with Crippen molar-refractivity contribution in [2.45, 2.75) is 51.7 Å². The zero-order chi connectivity index (χ0) is 16.7. The molecule has 0 unspecified atom stereocenters. The molecule has 0 spiro atoms. The monoisotopic (exact) mass is 318 g/mol. The molecule has 0 bridgehead atoms. The Morgan fingerprint density at radius 3 is 2.26 bits per heavy atom. The van der Waals surface area contributed by atoms with Gasteiger partial charge in [0.15, 0.2) is 0 Å². The van der Waals surface area contributed by atoms with Gasteiger partial charge in [-0.3, -0.25) is 0 Å². The third kappa shape index (κ3) is 3.25. The van der Waals surface area contributed by atoms with Crippen molar-refractivity contribution in [1.82, 2.24) is 4.98 Å². The van der Waals surface area contributed by atoms with Crippen LogP contribution in [0.4, 0.5) is 5.82 Å². The van der Waals surface area contributed by atoms with E-state index in [2.05, 4.69) is 37.6 Å². The van der Waals surface area contributed by atoms with Crippen molar-refractivity contribution < 1.29 is 14.4 Å². The third-order valence-electron chi connectivity index (χ3n) is 5.49. The summed E-state index contributed by atoms with van der Waals surface area (Å²) in [5, 5.41) is 9.23. The molecule has 1 N–H and O–H groups in total. The van der Waals surface area contributed by atoms with E-state index in [1.165, 1.54) is 0 Å². The van der Waals surface area contributed by atoms with Crippen LogP contribution in [0.1, 0.15) is 40.5 Å². The van der Waals surface area contributed by atoms with Crippen molar-refractivity contribution in [3.63, 3.8) is 0 Å². The van der Waals surface area contributed by atoms with Gasteiger partial charge in [-0.25, -0.2) is 4.98 Å². The van der Waals surface area contributed by atoms with E-state index < -0.39 is 0 Å². The van der Waals surface area contributed by atoms with E-state index in [0.29, 0.717) is 12.5 Å². The maximum Gasteiger partial charge on any atom is 0.496 e. The van der Waals surface area contributed by atoms with Crippen LogP contribution in [0.2, 0.25) is 0 Å². The normalized spacial score (nSPS) is 24.2. The van der Waals surface area contributed by atoms with Crippen LogP contribution < -0.4 is 10.4 Å². The molecule has 1 aromatic heterocycles. The lowest BCUT2D eigenvalue weighted by molar-refractivity contribution is 0.00578. The fraction of sp³-hybridized carbons (Fsp3) is 0.706. The van der Waals surface area contributed by atoms with Crippen molar-refractivity contribution >= 4 is 18.4 Å². The zero-order valence-electron chi connectivity index (χ0n) is 14.6. The van der Waals surface area contributed by atoms with Gasteiger partial charge in [0, 0.05) is 31.4 Å². The average Bonchev–Trinajstić information content (AvgIpc) is 2.76. The van der Waals surface area contributed by atoms with Crippen molar-refractivity contribution in [2.24, 2.45) is 5.92 Å². The van der Waals surface area contributed by atoms with Crippen molar-refractivity contribution in [2.75, 3.05) is 24.6 Å². The number of piperidine rings is 1. The molecule has 6 heteroatoms. The summed E-state index contributed by atoms with van der Waals surface area (Å²) in [6, 6.07) is 4.09. The SMILES string of the molecule is CC1(C)OB(c2ccc(N3CCC(CO)CC3)nc2)OC1(C)C. The van der Waals surface area contributed by atoms with Crippen LogP contribution in [-0.4, -0.2) is 48.1 Å². The Bertz CT molecular complexity index is 523. The van der Waals surface area contributed by atoms with E-state index in [1.807, 2.05) is 18.3 Å². The summed E-state index contributed by atoms with van der Waals surface area (Å²) in [7, 11) is -0.360. The molecule has 2 fully saturated rings. The van der Waals surface area contributed by atoms with Gasteiger partial charge in [-0.15, -0.1) is 0 Å². The minimum Gasteiger partial charge on any atom is -0.399 e. The van der Waals surface area contributed by atoms with Crippen LogP contribution in [0.25, 0.3) is 0 Å². The maximum atomic E-state index is 9.23. The molecule has 0 radical (unpaired) electrons. The van der Waals surface area contributed by atoms with Crippen molar-refractivity contribution in [1.29, 1.82) is 0 Å². The van der Waals surface area contributed by atoms with Crippen LogP contribution in [0.15, 0.2) is 18.3 Å². The molecule has 0 aromatic carbocycles. The number of rotatable bonds is 3. The van der Waals surface area contributed by atoms with Crippen LogP contribution in [-0.2, 0) is 9.31 Å². The van der Waals surface area contributed by atoms with Crippen molar-refractivity contribution in [3.05, 3.63) is 18.3 Å². The lowest BCUT2D eigenvalue weighted by Crippen LogP contribution is -2.41. The second kappa shape index (κ2) is 6.08. The molecule has 23 heavy (non-hydrogen) atoms. The van der Waals surface area contributed by atoms with E-state index >= 15 is 0 Å². The molecule has 0 saturated carbocycles. The molecule has 2 aliphatic heterocycles. The molecule has 126 valence electrons. The van der Waals surface area contributed by atoms with Gasteiger partial charge >= 0.3 is 7.12 Å². The highest BCUT2D eigenvalue weighted by Gasteiger charge is 2.51. The molecule has 2 aliphatic rings. The minimum atomic E-state index is -0.360.